The molecule has 36 heavy (non-hydrogen) atoms. The maximum absolute atomic E-state index is 14.4. The van der Waals surface area contributed by atoms with Gasteiger partial charge in [-0.05, 0) is 79.9 Å². The molecule has 4 aromatic rings. The predicted octanol–water partition coefficient (Wildman–Crippen LogP) is 5.66. The van der Waals surface area contributed by atoms with Crippen molar-refractivity contribution in [2.75, 3.05) is 0 Å². The number of ether oxygens (including phenoxy) is 1. The first-order chi connectivity index (χ1) is 17.2. The molecule has 184 valence electrons. The Bertz CT molecular complexity index is 1500. The first kappa shape index (κ1) is 25.5. The molecule has 0 N–H and O–H groups in total. The van der Waals surface area contributed by atoms with Gasteiger partial charge in [-0.15, -0.1) is 0 Å². The SMILES string of the molecule is CCn1ncc(Cc2cc(C#N)nn2-c2ccc(F)cc2C(C)Oc2cc(Br)cnc2[N+](=O)[O-])c1Br. The summed E-state index contributed by atoms with van der Waals surface area (Å²) < 4.78 is 24.9. The molecule has 0 saturated carbocycles. The summed E-state index contributed by atoms with van der Waals surface area (Å²) in [5.74, 6) is -1.06. The largest absolute Gasteiger partial charge is 0.478 e. The maximum Gasteiger partial charge on any atom is 0.406 e. The molecule has 0 amide bonds. The molecule has 3 aromatic heterocycles. The number of rotatable bonds is 8. The summed E-state index contributed by atoms with van der Waals surface area (Å²) >= 11 is 6.79. The van der Waals surface area contributed by atoms with Crippen LogP contribution in [0.1, 0.15) is 42.5 Å². The number of nitrogens with zero attached hydrogens (tertiary/aromatic N) is 7. The monoisotopic (exact) mass is 617 g/mol. The highest BCUT2D eigenvalue weighted by Gasteiger charge is 2.24. The van der Waals surface area contributed by atoms with Gasteiger partial charge in [-0.3, -0.25) is 4.68 Å². The summed E-state index contributed by atoms with van der Waals surface area (Å²) in [6, 6.07) is 9.20. The molecular formula is C23H18Br2FN7O3. The Labute approximate surface area is 221 Å². The van der Waals surface area contributed by atoms with Crippen molar-refractivity contribution in [1.82, 2.24) is 24.5 Å². The molecule has 0 fully saturated rings. The van der Waals surface area contributed by atoms with E-state index in [1.807, 2.05) is 13.0 Å². The number of hydrogen-bond acceptors (Lipinski definition) is 7. The third-order valence-electron chi connectivity index (χ3n) is 5.35. The molecule has 0 aliphatic rings. The summed E-state index contributed by atoms with van der Waals surface area (Å²) in [5.41, 5.74) is 2.57. The highest BCUT2D eigenvalue weighted by molar-refractivity contribution is 9.10. The third-order valence-corrected chi connectivity index (χ3v) is 6.70. The number of pyridine rings is 1. The fraction of sp³-hybridized carbons (Fsp3) is 0.217. The average Bonchev–Trinajstić information content (AvgIpc) is 3.42. The predicted molar refractivity (Wildman–Crippen MR) is 134 cm³/mol. The minimum atomic E-state index is -0.831. The van der Waals surface area contributed by atoms with Gasteiger partial charge in [-0.2, -0.15) is 15.5 Å². The number of aromatic nitrogens is 5. The maximum atomic E-state index is 14.4. The van der Waals surface area contributed by atoms with E-state index in [-0.39, 0.29) is 11.4 Å². The van der Waals surface area contributed by atoms with Crippen LogP contribution in [0, 0.1) is 27.3 Å². The van der Waals surface area contributed by atoms with E-state index in [0.717, 1.165) is 10.2 Å². The lowest BCUT2D eigenvalue weighted by atomic mass is 10.1. The zero-order chi connectivity index (χ0) is 26.0. The molecular weight excluding hydrogens is 601 g/mol. The van der Waals surface area contributed by atoms with Crippen LogP contribution in [0.4, 0.5) is 10.2 Å². The zero-order valence-corrected chi connectivity index (χ0v) is 22.2. The topological polar surface area (TPSA) is 125 Å². The van der Waals surface area contributed by atoms with Crippen molar-refractivity contribution in [2.45, 2.75) is 32.9 Å². The summed E-state index contributed by atoms with van der Waals surface area (Å²) in [4.78, 5) is 14.6. The van der Waals surface area contributed by atoms with Gasteiger partial charge in [-0.1, -0.05) is 0 Å². The Hall–Kier alpha value is -3.63. The first-order valence-electron chi connectivity index (χ1n) is 10.7. The lowest BCUT2D eigenvalue weighted by Crippen LogP contribution is -2.12. The number of benzene rings is 1. The van der Waals surface area contributed by atoms with E-state index in [0.29, 0.717) is 34.4 Å². The van der Waals surface area contributed by atoms with Crippen molar-refractivity contribution in [2.24, 2.45) is 0 Å². The van der Waals surface area contributed by atoms with Crippen LogP contribution in [-0.4, -0.2) is 29.5 Å². The van der Waals surface area contributed by atoms with E-state index in [1.54, 1.807) is 28.6 Å². The van der Waals surface area contributed by atoms with Crippen LogP contribution in [-0.2, 0) is 13.0 Å². The molecule has 13 heteroatoms. The van der Waals surface area contributed by atoms with Gasteiger partial charge >= 0.3 is 5.82 Å². The fourth-order valence-corrected chi connectivity index (χ4v) is 4.58. The zero-order valence-electron chi connectivity index (χ0n) is 19.0. The van der Waals surface area contributed by atoms with Gasteiger partial charge in [0.15, 0.2) is 11.9 Å². The van der Waals surface area contributed by atoms with Gasteiger partial charge in [0, 0.05) is 30.2 Å². The molecule has 0 aliphatic carbocycles. The molecule has 0 radical (unpaired) electrons. The van der Waals surface area contributed by atoms with Crippen LogP contribution in [0.25, 0.3) is 5.69 Å². The van der Waals surface area contributed by atoms with Crippen LogP contribution in [0.2, 0.25) is 0 Å². The second kappa shape index (κ2) is 10.5. The second-order valence-electron chi connectivity index (χ2n) is 7.69. The van der Waals surface area contributed by atoms with E-state index in [1.165, 1.54) is 30.5 Å². The Morgan fingerprint density at radius 2 is 2.06 bits per heavy atom. The Balaban J connectivity index is 1.77. The van der Waals surface area contributed by atoms with Gasteiger partial charge < -0.3 is 14.9 Å². The molecule has 0 aliphatic heterocycles. The van der Waals surface area contributed by atoms with Crippen molar-refractivity contribution in [3.05, 3.63) is 90.2 Å². The quantitative estimate of drug-likeness (QED) is 0.184. The van der Waals surface area contributed by atoms with Gasteiger partial charge in [-0.25, -0.2) is 9.07 Å². The van der Waals surface area contributed by atoms with Gasteiger partial charge in [0.25, 0.3) is 0 Å². The van der Waals surface area contributed by atoms with Crippen molar-refractivity contribution in [1.29, 1.82) is 5.26 Å². The van der Waals surface area contributed by atoms with Crippen LogP contribution in [0.5, 0.6) is 5.75 Å². The van der Waals surface area contributed by atoms with Crippen LogP contribution in [0.3, 0.4) is 0 Å². The average molecular weight is 619 g/mol. The molecule has 0 saturated heterocycles. The molecule has 1 unspecified atom stereocenters. The first-order valence-corrected chi connectivity index (χ1v) is 12.3. The fourth-order valence-electron chi connectivity index (χ4n) is 3.69. The summed E-state index contributed by atoms with van der Waals surface area (Å²) in [7, 11) is 0. The van der Waals surface area contributed by atoms with Crippen LogP contribution in [0.15, 0.2) is 51.8 Å². The smallest absolute Gasteiger partial charge is 0.406 e. The van der Waals surface area contributed by atoms with Crippen LogP contribution < -0.4 is 4.74 Å². The highest BCUT2D eigenvalue weighted by Crippen LogP contribution is 2.34. The minimum absolute atomic E-state index is 0.0774. The van der Waals surface area contributed by atoms with Crippen molar-refractivity contribution >= 4 is 37.7 Å². The van der Waals surface area contributed by atoms with Crippen LogP contribution >= 0.6 is 31.9 Å². The third kappa shape index (κ3) is 5.14. The molecule has 0 spiro atoms. The molecule has 1 aromatic carbocycles. The van der Waals surface area contributed by atoms with Crippen molar-refractivity contribution < 1.29 is 14.1 Å². The second-order valence-corrected chi connectivity index (χ2v) is 9.36. The Morgan fingerprint density at radius 1 is 1.28 bits per heavy atom. The molecule has 3 heterocycles. The Morgan fingerprint density at radius 3 is 2.72 bits per heavy atom. The number of aryl methyl sites for hydroxylation is 1. The number of hydrogen-bond donors (Lipinski definition) is 0. The lowest BCUT2D eigenvalue weighted by molar-refractivity contribution is -0.390. The van der Waals surface area contributed by atoms with E-state index in [9.17, 15) is 19.8 Å². The number of halogens is 3. The summed E-state index contributed by atoms with van der Waals surface area (Å²) in [6.45, 7) is 4.28. The molecule has 4 rings (SSSR count). The number of nitro groups is 1. The van der Waals surface area contributed by atoms with Gasteiger partial charge in [0.2, 0.25) is 5.75 Å². The van der Waals surface area contributed by atoms with E-state index in [4.69, 9.17) is 4.74 Å². The molecule has 0 bridgehead atoms. The van der Waals surface area contributed by atoms with E-state index < -0.39 is 22.7 Å². The number of nitriles is 1. The van der Waals surface area contributed by atoms with Gasteiger partial charge in [0.1, 0.15) is 22.6 Å². The Kier molecular flexibility index (Phi) is 7.46. The van der Waals surface area contributed by atoms with Crippen molar-refractivity contribution in [3.63, 3.8) is 0 Å². The summed E-state index contributed by atoms with van der Waals surface area (Å²) in [5, 5.41) is 29.7. The summed E-state index contributed by atoms with van der Waals surface area (Å²) in [6.07, 6.45) is 2.58. The molecule has 1 atom stereocenters. The standard InChI is InChI=1S/C23H18Br2FN7O3/c1-3-31-22(25)14(11-29-31)6-18-9-17(10-27)30-32(18)20-5-4-16(26)8-19(20)13(2)36-21-7-15(24)12-28-23(21)33(34)35/h4-5,7-9,11-13H,3,6H2,1-2H3. The highest BCUT2D eigenvalue weighted by atomic mass is 79.9. The van der Waals surface area contributed by atoms with E-state index in [2.05, 4.69) is 47.0 Å². The minimum Gasteiger partial charge on any atom is -0.478 e. The lowest BCUT2D eigenvalue weighted by Gasteiger charge is -2.19. The van der Waals surface area contributed by atoms with Gasteiger partial charge in [0.05, 0.1) is 22.1 Å². The normalized spacial score (nSPS) is 11.8. The molecule has 10 nitrogen and oxygen atoms in total. The van der Waals surface area contributed by atoms with Crippen molar-refractivity contribution in [3.8, 4) is 17.5 Å². The van der Waals surface area contributed by atoms with E-state index >= 15 is 0 Å².